The first-order chi connectivity index (χ1) is 15.5. The lowest BCUT2D eigenvalue weighted by Crippen LogP contribution is -2.31. The average Bonchev–Trinajstić information content (AvgIpc) is 3.51. The highest BCUT2D eigenvalue weighted by molar-refractivity contribution is 5.98. The minimum atomic E-state index is -0.609. The Morgan fingerprint density at radius 2 is 2.03 bits per heavy atom. The Labute approximate surface area is 197 Å². The molecule has 2 heterocycles. The molecule has 1 aromatic heterocycles. The number of carbonyl (C=O) groups is 1. The lowest BCUT2D eigenvalue weighted by molar-refractivity contribution is 0.0999. The van der Waals surface area contributed by atoms with Crippen LogP contribution in [-0.4, -0.2) is 35.5 Å². The Morgan fingerprint density at radius 3 is 2.79 bits per heavy atom. The maximum atomic E-state index is 14.2. The van der Waals surface area contributed by atoms with Gasteiger partial charge in [-0.05, 0) is 73.6 Å². The van der Waals surface area contributed by atoms with Crippen molar-refractivity contribution in [2.45, 2.75) is 25.7 Å². The van der Waals surface area contributed by atoms with Crippen molar-refractivity contribution in [2.24, 2.45) is 11.7 Å². The maximum absolute atomic E-state index is 14.2. The third-order valence-corrected chi connectivity index (χ3v) is 6.27. The monoisotopic (exact) mass is 473 g/mol. The zero-order chi connectivity index (χ0) is 22.2. The van der Waals surface area contributed by atoms with E-state index >= 15 is 0 Å². The summed E-state index contributed by atoms with van der Waals surface area (Å²) in [4.78, 5) is 17.3. The molecule has 1 saturated carbocycles. The van der Waals surface area contributed by atoms with Gasteiger partial charge in [0, 0.05) is 35.8 Å². The number of halogens is 3. The second-order valence-corrected chi connectivity index (χ2v) is 8.62. The first kappa shape index (κ1) is 23.1. The molecule has 0 atom stereocenters. The molecule has 33 heavy (non-hydrogen) atoms. The Balaban J connectivity index is 0.00000259. The molecular formula is C25H26ClF2N3O2. The largest absolute Gasteiger partial charge is 0.484 e. The van der Waals surface area contributed by atoms with Gasteiger partial charge >= 0.3 is 0 Å². The predicted molar refractivity (Wildman–Crippen MR) is 127 cm³/mol. The highest BCUT2D eigenvalue weighted by Gasteiger charge is 2.28. The number of carbonyl (C=O) groups excluding carboxylic acids is 1. The smallest absolute Gasteiger partial charge is 0.249 e. The lowest BCUT2D eigenvalue weighted by atomic mass is 10.0. The lowest BCUT2D eigenvalue weighted by Gasteiger charge is -2.31. The third kappa shape index (κ3) is 4.83. The molecule has 5 nitrogen and oxygen atoms in total. The Morgan fingerprint density at radius 1 is 1.21 bits per heavy atom. The average molecular weight is 474 g/mol. The fraction of sp³-hybridized carbons (Fsp3) is 0.320. The number of aromatic nitrogens is 1. The predicted octanol–water partition coefficient (Wildman–Crippen LogP) is 5.04. The van der Waals surface area contributed by atoms with Crippen molar-refractivity contribution in [2.75, 3.05) is 19.7 Å². The molecule has 1 amide bonds. The van der Waals surface area contributed by atoms with Gasteiger partial charge < -0.3 is 20.4 Å². The summed E-state index contributed by atoms with van der Waals surface area (Å²) in [6.45, 7) is 1.93. The number of nitrogens with two attached hydrogens (primary N) is 1. The van der Waals surface area contributed by atoms with Crippen LogP contribution in [0.25, 0.3) is 17.0 Å². The number of benzene rings is 2. The minimum Gasteiger partial charge on any atom is -0.484 e. The standard InChI is InChI=1S/C25H25F2N3O2.ClH/c26-17-5-8-23-20(10-17)16(12-29-23)2-1-9-30(13-15-3-4-15)18-11-21-19(25(28)31)6-7-22(27)24(21)32-14-18;/h5-8,10-12,15,29H,1-4,9,13-14H2,(H2,28,31);1H. The molecule has 1 aliphatic heterocycles. The molecule has 0 spiro atoms. The summed E-state index contributed by atoms with van der Waals surface area (Å²) in [5, 5.41) is 0.912. The van der Waals surface area contributed by atoms with Gasteiger partial charge in [0.15, 0.2) is 11.6 Å². The van der Waals surface area contributed by atoms with Crippen LogP contribution in [0.5, 0.6) is 5.75 Å². The van der Waals surface area contributed by atoms with E-state index in [1.807, 2.05) is 12.3 Å². The van der Waals surface area contributed by atoms with Gasteiger partial charge in [-0.3, -0.25) is 4.79 Å². The fourth-order valence-corrected chi connectivity index (χ4v) is 4.40. The molecule has 2 aliphatic rings. The second-order valence-electron chi connectivity index (χ2n) is 8.62. The number of H-pyrrole nitrogens is 1. The third-order valence-electron chi connectivity index (χ3n) is 6.27. The molecule has 2 aromatic carbocycles. The molecule has 1 fully saturated rings. The second kappa shape index (κ2) is 9.43. The number of primary amides is 1. The molecule has 5 rings (SSSR count). The number of amides is 1. The number of rotatable bonds is 8. The molecule has 3 N–H and O–H groups in total. The molecule has 0 unspecified atom stereocenters. The summed E-state index contributed by atoms with van der Waals surface area (Å²) in [6, 6.07) is 7.39. The number of nitrogens with one attached hydrogen (secondary N) is 1. The Kier molecular flexibility index (Phi) is 6.61. The van der Waals surface area contributed by atoms with E-state index in [9.17, 15) is 13.6 Å². The van der Waals surface area contributed by atoms with Crippen LogP contribution in [-0.2, 0) is 6.42 Å². The van der Waals surface area contributed by atoms with Crippen LogP contribution in [0.4, 0.5) is 8.78 Å². The van der Waals surface area contributed by atoms with E-state index in [-0.39, 0.29) is 36.1 Å². The topological polar surface area (TPSA) is 71.4 Å². The molecule has 0 radical (unpaired) electrons. The highest BCUT2D eigenvalue weighted by Crippen LogP contribution is 2.36. The summed E-state index contributed by atoms with van der Waals surface area (Å²) >= 11 is 0. The summed E-state index contributed by atoms with van der Waals surface area (Å²) < 4.78 is 33.6. The van der Waals surface area contributed by atoms with Crippen LogP contribution >= 0.6 is 12.4 Å². The first-order valence-electron chi connectivity index (χ1n) is 11.0. The van der Waals surface area contributed by atoms with Gasteiger partial charge in [0.05, 0.1) is 11.3 Å². The van der Waals surface area contributed by atoms with Crippen LogP contribution < -0.4 is 10.5 Å². The van der Waals surface area contributed by atoms with Gasteiger partial charge in [-0.1, -0.05) is 0 Å². The highest BCUT2D eigenvalue weighted by atomic mass is 35.5. The first-order valence-corrected chi connectivity index (χ1v) is 11.0. The summed E-state index contributed by atoms with van der Waals surface area (Å²) in [6.07, 6.45) is 7.85. The SMILES string of the molecule is Cl.NC(=O)c1ccc(F)c2c1C=C(N(CCCc1c[nH]c3ccc(F)cc13)CC1CC1)CO2. The molecule has 1 aliphatic carbocycles. The van der Waals surface area contributed by atoms with E-state index in [0.29, 0.717) is 11.5 Å². The van der Waals surface area contributed by atoms with Crippen molar-refractivity contribution in [3.8, 4) is 5.75 Å². The summed E-state index contributed by atoms with van der Waals surface area (Å²) in [7, 11) is 0. The van der Waals surface area contributed by atoms with Gasteiger partial charge in [-0.25, -0.2) is 8.78 Å². The minimum absolute atomic E-state index is 0. The van der Waals surface area contributed by atoms with Crippen molar-refractivity contribution in [1.29, 1.82) is 0 Å². The van der Waals surface area contributed by atoms with Crippen LogP contribution in [0.3, 0.4) is 0 Å². The zero-order valence-corrected chi connectivity index (χ0v) is 18.9. The Bertz CT molecular complexity index is 1220. The molecule has 8 heteroatoms. The Hall–Kier alpha value is -3.06. The van der Waals surface area contributed by atoms with Gasteiger partial charge in [0.2, 0.25) is 5.91 Å². The fourth-order valence-electron chi connectivity index (χ4n) is 4.40. The molecular weight excluding hydrogens is 448 g/mol. The number of hydrogen-bond acceptors (Lipinski definition) is 3. The number of nitrogens with zero attached hydrogens (tertiary/aromatic N) is 1. The zero-order valence-electron chi connectivity index (χ0n) is 18.1. The number of aromatic amines is 1. The van der Waals surface area contributed by atoms with Gasteiger partial charge in [-0.2, -0.15) is 0 Å². The molecule has 0 bridgehead atoms. The quantitative estimate of drug-likeness (QED) is 0.481. The normalized spacial score (nSPS) is 14.8. The van der Waals surface area contributed by atoms with Gasteiger partial charge in [-0.15, -0.1) is 12.4 Å². The van der Waals surface area contributed by atoms with Crippen LogP contribution in [0.15, 0.2) is 42.2 Å². The number of hydrogen-bond donors (Lipinski definition) is 2. The van der Waals surface area contributed by atoms with Crippen molar-refractivity contribution in [3.05, 3.63) is 70.6 Å². The molecule has 3 aromatic rings. The number of fused-ring (bicyclic) bond motifs is 2. The maximum Gasteiger partial charge on any atom is 0.249 e. The van der Waals surface area contributed by atoms with Crippen LogP contribution in [0.2, 0.25) is 0 Å². The van der Waals surface area contributed by atoms with Gasteiger partial charge in [0.25, 0.3) is 0 Å². The van der Waals surface area contributed by atoms with Gasteiger partial charge in [0.1, 0.15) is 12.4 Å². The van der Waals surface area contributed by atoms with E-state index in [1.165, 1.54) is 31.0 Å². The van der Waals surface area contributed by atoms with Crippen LogP contribution in [0.1, 0.15) is 40.7 Å². The van der Waals surface area contributed by atoms with E-state index < -0.39 is 11.7 Å². The molecule has 174 valence electrons. The number of ether oxygens (including phenoxy) is 1. The summed E-state index contributed by atoms with van der Waals surface area (Å²) in [5.74, 6) is -0.627. The summed E-state index contributed by atoms with van der Waals surface area (Å²) in [5.41, 5.74) is 9.10. The van der Waals surface area contributed by atoms with E-state index in [4.69, 9.17) is 10.5 Å². The van der Waals surface area contributed by atoms with Crippen LogP contribution in [0, 0.1) is 17.6 Å². The van der Waals surface area contributed by atoms with Crippen molar-refractivity contribution in [3.63, 3.8) is 0 Å². The van der Waals surface area contributed by atoms with E-state index in [1.54, 1.807) is 12.1 Å². The van der Waals surface area contributed by atoms with E-state index in [0.717, 1.165) is 48.1 Å². The van der Waals surface area contributed by atoms with Crippen molar-refractivity contribution in [1.82, 2.24) is 9.88 Å². The van der Waals surface area contributed by atoms with Crippen molar-refractivity contribution < 1.29 is 18.3 Å². The number of aryl methyl sites for hydroxylation is 1. The van der Waals surface area contributed by atoms with E-state index in [2.05, 4.69) is 9.88 Å². The molecule has 0 saturated heterocycles. The van der Waals surface area contributed by atoms with Crippen molar-refractivity contribution >= 4 is 35.3 Å².